The van der Waals surface area contributed by atoms with E-state index in [-0.39, 0.29) is 5.56 Å². The van der Waals surface area contributed by atoms with E-state index in [1.807, 2.05) is 5.32 Å². The summed E-state index contributed by atoms with van der Waals surface area (Å²) in [6.07, 6.45) is -4.68. The van der Waals surface area contributed by atoms with Crippen LogP contribution in [0.15, 0.2) is 54.6 Å². The molecule has 0 spiro atoms. The minimum atomic E-state index is -4.68. The van der Waals surface area contributed by atoms with Crippen molar-refractivity contribution in [2.45, 2.75) is 12.2 Å². The molecule has 0 aliphatic rings. The summed E-state index contributed by atoms with van der Waals surface area (Å²) in [5, 5.41) is 1.83. The van der Waals surface area contributed by atoms with Crippen molar-refractivity contribution in [2.24, 2.45) is 0 Å². The number of carbonyl (C=O) groups is 1. The fourth-order valence-electron chi connectivity index (χ4n) is 1.85. The molecule has 0 heterocycles. The molecule has 0 radical (unpaired) electrons. The third-order valence-corrected chi connectivity index (χ3v) is 2.85. The third kappa shape index (κ3) is 3.59. The van der Waals surface area contributed by atoms with Crippen molar-refractivity contribution in [2.75, 3.05) is 0 Å². The van der Waals surface area contributed by atoms with E-state index in [0.29, 0.717) is 0 Å². The van der Waals surface area contributed by atoms with Gasteiger partial charge in [0.1, 0.15) is 5.82 Å². The van der Waals surface area contributed by atoms with Gasteiger partial charge in [0.2, 0.25) is 0 Å². The lowest BCUT2D eigenvalue weighted by Crippen LogP contribution is -2.38. The maximum Gasteiger partial charge on any atom is 0.412 e. The molecule has 2 nitrogen and oxygen atoms in total. The van der Waals surface area contributed by atoms with Gasteiger partial charge in [0.25, 0.3) is 5.91 Å². The van der Waals surface area contributed by atoms with E-state index >= 15 is 0 Å². The lowest BCUT2D eigenvalue weighted by Gasteiger charge is -2.22. The number of alkyl halides is 3. The number of hydrogen-bond donors (Lipinski definition) is 1. The average Bonchev–Trinajstić information content (AvgIpc) is 2.44. The van der Waals surface area contributed by atoms with E-state index in [1.54, 1.807) is 6.07 Å². The van der Waals surface area contributed by atoms with Gasteiger partial charge in [-0.25, -0.2) is 4.39 Å². The van der Waals surface area contributed by atoms with Gasteiger partial charge in [-0.3, -0.25) is 4.79 Å². The predicted octanol–water partition coefficient (Wildman–Crippen LogP) is 3.86. The molecule has 1 amide bonds. The number of amides is 1. The third-order valence-electron chi connectivity index (χ3n) is 2.85. The number of nitrogens with one attached hydrogen (secondary N) is 1. The largest absolute Gasteiger partial charge is 0.412 e. The van der Waals surface area contributed by atoms with Gasteiger partial charge in [-0.15, -0.1) is 0 Å². The van der Waals surface area contributed by atoms with Crippen LogP contribution in [-0.4, -0.2) is 12.1 Å². The Morgan fingerprint density at radius 2 is 1.52 bits per heavy atom. The smallest absolute Gasteiger partial charge is 0.337 e. The van der Waals surface area contributed by atoms with E-state index in [1.165, 1.54) is 36.4 Å². The van der Waals surface area contributed by atoms with Crippen molar-refractivity contribution in [3.63, 3.8) is 0 Å². The number of rotatable bonds is 3. The highest BCUT2D eigenvalue weighted by atomic mass is 19.4. The normalized spacial score (nSPS) is 12.8. The summed E-state index contributed by atoms with van der Waals surface area (Å²) in [7, 11) is 0. The Labute approximate surface area is 118 Å². The Morgan fingerprint density at radius 1 is 0.952 bits per heavy atom. The molecule has 1 unspecified atom stereocenters. The molecule has 2 aromatic carbocycles. The topological polar surface area (TPSA) is 29.1 Å². The zero-order chi connectivity index (χ0) is 15.5. The van der Waals surface area contributed by atoms with Gasteiger partial charge in [0, 0.05) is 0 Å². The average molecular weight is 297 g/mol. The van der Waals surface area contributed by atoms with Crippen LogP contribution in [0.4, 0.5) is 17.6 Å². The van der Waals surface area contributed by atoms with E-state index in [9.17, 15) is 22.4 Å². The van der Waals surface area contributed by atoms with Crippen LogP contribution in [-0.2, 0) is 0 Å². The Hall–Kier alpha value is -2.37. The van der Waals surface area contributed by atoms with Crippen LogP contribution in [0.25, 0.3) is 0 Å². The van der Waals surface area contributed by atoms with Crippen molar-refractivity contribution in [1.82, 2.24) is 5.32 Å². The van der Waals surface area contributed by atoms with Gasteiger partial charge in [-0.05, 0) is 17.7 Å². The van der Waals surface area contributed by atoms with Crippen molar-refractivity contribution in [1.29, 1.82) is 0 Å². The van der Waals surface area contributed by atoms with E-state index in [2.05, 4.69) is 0 Å². The molecule has 0 aliphatic carbocycles. The summed E-state index contributed by atoms with van der Waals surface area (Å²) >= 11 is 0. The highest BCUT2D eigenvalue weighted by molar-refractivity contribution is 5.94. The summed E-state index contributed by atoms with van der Waals surface area (Å²) in [5.74, 6) is -1.98. The van der Waals surface area contributed by atoms with Gasteiger partial charge in [-0.2, -0.15) is 13.2 Å². The lowest BCUT2D eigenvalue weighted by atomic mass is 10.1. The maximum absolute atomic E-state index is 13.4. The standard InChI is InChI=1S/C15H11F4NO/c16-12-9-5-4-8-11(12)14(21)20-13(15(17,18)19)10-6-2-1-3-7-10/h1-9,13H,(H,20,21). The van der Waals surface area contributed by atoms with Crippen LogP contribution in [0.1, 0.15) is 22.0 Å². The van der Waals surface area contributed by atoms with E-state index < -0.39 is 29.5 Å². The van der Waals surface area contributed by atoms with Crippen LogP contribution < -0.4 is 5.32 Å². The number of carbonyl (C=O) groups excluding carboxylic acids is 1. The molecule has 1 N–H and O–H groups in total. The number of halogens is 4. The highest BCUT2D eigenvalue weighted by Gasteiger charge is 2.42. The zero-order valence-electron chi connectivity index (χ0n) is 10.7. The fourth-order valence-corrected chi connectivity index (χ4v) is 1.85. The van der Waals surface area contributed by atoms with Gasteiger partial charge in [0.15, 0.2) is 6.04 Å². The van der Waals surface area contributed by atoms with Crippen LogP contribution in [0.3, 0.4) is 0 Å². The molecule has 2 aromatic rings. The van der Waals surface area contributed by atoms with Crippen LogP contribution in [0.2, 0.25) is 0 Å². The second-order valence-electron chi connectivity index (χ2n) is 4.34. The first-order chi connectivity index (χ1) is 9.89. The van der Waals surface area contributed by atoms with Gasteiger partial charge >= 0.3 is 6.18 Å². The van der Waals surface area contributed by atoms with E-state index in [0.717, 1.165) is 12.1 Å². The quantitative estimate of drug-likeness (QED) is 0.856. The Kier molecular flexibility index (Phi) is 4.26. The van der Waals surface area contributed by atoms with Crippen LogP contribution >= 0.6 is 0 Å². The predicted molar refractivity (Wildman–Crippen MR) is 69.1 cm³/mol. The molecule has 110 valence electrons. The molecule has 0 aromatic heterocycles. The second kappa shape index (κ2) is 5.95. The SMILES string of the molecule is O=C(NC(c1ccccc1)C(F)(F)F)c1ccccc1F. The summed E-state index contributed by atoms with van der Waals surface area (Å²) < 4.78 is 52.7. The Bertz CT molecular complexity index is 625. The minimum Gasteiger partial charge on any atom is -0.337 e. The van der Waals surface area contributed by atoms with Gasteiger partial charge < -0.3 is 5.32 Å². The Morgan fingerprint density at radius 3 is 2.10 bits per heavy atom. The molecule has 0 saturated carbocycles. The molecule has 0 aliphatic heterocycles. The summed E-state index contributed by atoms with van der Waals surface area (Å²) in [4.78, 5) is 11.8. The number of benzene rings is 2. The maximum atomic E-state index is 13.4. The summed E-state index contributed by atoms with van der Waals surface area (Å²) in [6, 6.07) is 9.62. The molecule has 0 saturated heterocycles. The molecular weight excluding hydrogens is 286 g/mol. The molecule has 1 atom stereocenters. The molecule has 0 bridgehead atoms. The molecule has 6 heteroatoms. The van der Waals surface area contributed by atoms with Gasteiger partial charge in [0.05, 0.1) is 5.56 Å². The monoisotopic (exact) mass is 297 g/mol. The van der Waals surface area contributed by atoms with Crippen molar-refractivity contribution in [3.05, 3.63) is 71.5 Å². The number of hydrogen-bond acceptors (Lipinski definition) is 1. The van der Waals surface area contributed by atoms with Crippen molar-refractivity contribution >= 4 is 5.91 Å². The van der Waals surface area contributed by atoms with Gasteiger partial charge in [-0.1, -0.05) is 42.5 Å². The second-order valence-corrected chi connectivity index (χ2v) is 4.34. The first kappa shape index (κ1) is 15.0. The molecule has 2 rings (SSSR count). The van der Waals surface area contributed by atoms with Crippen LogP contribution in [0.5, 0.6) is 0 Å². The van der Waals surface area contributed by atoms with E-state index in [4.69, 9.17) is 0 Å². The molecule has 21 heavy (non-hydrogen) atoms. The zero-order valence-corrected chi connectivity index (χ0v) is 10.7. The first-order valence-electron chi connectivity index (χ1n) is 6.06. The Balaban J connectivity index is 2.29. The van der Waals surface area contributed by atoms with Crippen molar-refractivity contribution < 1.29 is 22.4 Å². The first-order valence-corrected chi connectivity index (χ1v) is 6.06. The van der Waals surface area contributed by atoms with Crippen molar-refractivity contribution in [3.8, 4) is 0 Å². The highest BCUT2D eigenvalue weighted by Crippen LogP contribution is 2.32. The summed E-state index contributed by atoms with van der Waals surface area (Å²) in [5.41, 5.74) is -0.544. The molecular formula is C15H11F4NO. The summed E-state index contributed by atoms with van der Waals surface area (Å²) in [6.45, 7) is 0. The molecule has 0 fully saturated rings. The van der Waals surface area contributed by atoms with Crippen LogP contribution in [0, 0.1) is 5.82 Å². The lowest BCUT2D eigenvalue weighted by molar-refractivity contribution is -0.155. The minimum absolute atomic E-state index is 0.116. The fraction of sp³-hybridized carbons (Fsp3) is 0.133.